The number of amides is 2. The molecule has 2 amide bonds. The number of nitrogen functional groups attached to an aromatic ring is 1. The maximum atomic E-state index is 13.5. The Hall–Kier alpha value is -4.66. The average Bonchev–Trinajstić information content (AvgIpc) is 3.66. The van der Waals surface area contributed by atoms with Gasteiger partial charge in [-0.05, 0) is 67.1 Å². The molecule has 1 unspecified atom stereocenters. The number of benzene rings is 2. The molecule has 1 atom stereocenters. The number of nitrogens with one attached hydrogen (secondary N) is 1. The fourth-order valence-electron chi connectivity index (χ4n) is 5.76. The SMILES string of the molecule is Cn1cc(-c2cnc(N)c(C(=O)NC3CCN(C(=O)c4cccc(-c5cccc(N6CCCCC6)c5)c4)C3)c2)cn1. The Morgan fingerprint density at radius 3 is 2.46 bits per heavy atom. The number of likely N-dealkylation sites (tertiary alicyclic amines) is 1. The Kier molecular flexibility index (Phi) is 7.41. The van der Waals surface area contributed by atoms with E-state index in [0.717, 1.165) is 35.3 Å². The molecule has 0 spiro atoms. The molecule has 4 heterocycles. The molecule has 2 aliphatic rings. The number of aryl methyl sites for hydroxylation is 1. The van der Waals surface area contributed by atoms with E-state index >= 15 is 0 Å². The molecule has 9 heteroatoms. The average molecular weight is 550 g/mol. The van der Waals surface area contributed by atoms with Crippen molar-refractivity contribution in [2.45, 2.75) is 31.7 Å². The van der Waals surface area contributed by atoms with Crippen LogP contribution in [-0.4, -0.2) is 63.7 Å². The minimum Gasteiger partial charge on any atom is -0.383 e. The summed E-state index contributed by atoms with van der Waals surface area (Å²) in [6.45, 7) is 3.19. The van der Waals surface area contributed by atoms with E-state index in [0.29, 0.717) is 30.6 Å². The lowest BCUT2D eigenvalue weighted by Crippen LogP contribution is -2.38. The van der Waals surface area contributed by atoms with Gasteiger partial charge in [-0.3, -0.25) is 14.3 Å². The predicted octanol–water partition coefficient (Wildman–Crippen LogP) is 4.37. The largest absolute Gasteiger partial charge is 0.383 e. The molecule has 2 saturated heterocycles. The van der Waals surface area contributed by atoms with Crippen molar-refractivity contribution in [3.63, 3.8) is 0 Å². The molecule has 2 aromatic heterocycles. The van der Waals surface area contributed by atoms with E-state index < -0.39 is 0 Å². The summed E-state index contributed by atoms with van der Waals surface area (Å²) in [5, 5.41) is 7.24. The number of rotatable bonds is 6. The second-order valence-corrected chi connectivity index (χ2v) is 10.9. The van der Waals surface area contributed by atoms with Gasteiger partial charge in [-0.15, -0.1) is 0 Å². The number of hydrogen-bond donors (Lipinski definition) is 2. The van der Waals surface area contributed by atoms with Gasteiger partial charge >= 0.3 is 0 Å². The lowest BCUT2D eigenvalue weighted by Gasteiger charge is -2.29. The Morgan fingerprint density at radius 1 is 0.902 bits per heavy atom. The van der Waals surface area contributed by atoms with Crippen molar-refractivity contribution in [1.82, 2.24) is 25.0 Å². The Labute approximate surface area is 240 Å². The summed E-state index contributed by atoms with van der Waals surface area (Å²) in [5.41, 5.74) is 12.0. The van der Waals surface area contributed by atoms with Crippen molar-refractivity contribution in [3.8, 4) is 22.3 Å². The minimum atomic E-state index is -0.296. The lowest BCUT2D eigenvalue weighted by atomic mass is 10.0. The maximum absolute atomic E-state index is 13.5. The number of piperidine rings is 1. The second kappa shape index (κ2) is 11.4. The van der Waals surface area contributed by atoms with Gasteiger partial charge in [0, 0.05) is 74.0 Å². The van der Waals surface area contributed by atoms with Gasteiger partial charge in [0.15, 0.2) is 0 Å². The topological polar surface area (TPSA) is 109 Å². The van der Waals surface area contributed by atoms with Gasteiger partial charge in [-0.2, -0.15) is 5.10 Å². The Bertz CT molecular complexity index is 1570. The van der Waals surface area contributed by atoms with E-state index in [2.05, 4.69) is 50.6 Å². The molecule has 0 saturated carbocycles. The number of aromatic nitrogens is 3. The van der Waals surface area contributed by atoms with Crippen LogP contribution in [-0.2, 0) is 7.05 Å². The molecule has 2 aromatic carbocycles. The monoisotopic (exact) mass is 549 g/mol. The Balaban J connectivity index is 1.12. The highest BCUT2D eigenvalue weighted by atomic mass is 16.2. The van der Waals surface area contributed by atoms with Gasteiger partial charge < -0.3 is 20.9 Å². The van der Waals surface area contributed by atoms with Crippen LogP contribution in [0, 0.1) is 0 Å². The molecule has 41 heavy (non-hydrogen) atoms. The molecule has 0 aliphatic carbocycles. The quantitative estimate of drug-likeness (QED) is 0.370. The maximum Gasteiger partial charge on any atom is 0.255 e. The first-order valence-electron chi connectivity index (χ1n) is 14.2. The molecule has 3 N–H and O–H groups in total. The zero-order valence-electron chi connectivity index (χ0n) is 23.3. The zero-order chi connectivity index (χ0) is 28.3. The second-order valence-electron chi connectivity index (χ2n) is 10.9. The van der Waals surface area contributed by atoms with Crippen LogP contribution in [0.3, 0.4) is 0 Å². The van der Waals surface area contributed by atoms with E-state index in [-0.39, 0.29) is 23.7 Å². The fraction of sp³-hybridized carbons (Fsp3) is 0.312. The third-order valence-corrected chi connectivity index (χ3v) is 8.02. The molecule has 0 radical (unpaired) electrons. The molecule has 6 rings (SSSR count). The molecular weight excluding hydrogens is 514 g/mol. The molecule has 2 fully saturated rings. The van der Waals surface area contributed by atoms with Gasteiger partial charge in [0.1, 0.15) is 5.82 Å². The highest BCUT2D eigenvalue weighted by Crippen LogP contribution is 2.28. The predicted molar refractivity (Wildman–Crippen MR) is 161 cm³/mol. The van der Waals surface area contributed by atoms with Crippen molar-refractivity contribution >= 4 is 23.3 Å². The van der Waals surface area contributed by atoms with Gasteiger partial charge in [0.2, 0.25) is 0 Å². The first-order chi connectivity index (χ1) is 19.9. The van der Waals surface area contributed by atoms with Crippen molar-refractivity contribution in [1.29, 1.82) is 0 Å². The summed E-state index contributed by atoms with van der Waals surface area (Å²) in [6.07, 6.45) is 9.64. The van der Waals surface area contributed by atoms with E-state index in [1.165, 1.54) is 24.9 Å². The number of carbonyl (C=O) groups is 2. The zero-order valence-corrected chi connectivity index (χ0v) is 23.3. The van der Waals surface area contributed by atoms with Crippen LogP contribution in [0.4, 0.5) is 11.5 Å². The lowest BCUT2D eigenvalue weighted by molar-refractivity contribution is 0.0783. The van der Waals surface area contributed by atoms with Gasteiger partial charge in [-0.25, -0.2) is 4.98 Å². The van der Waals surface area contributed by atoms with Crippen LogP contribution in [0.15, 0.2) is 73.2 Å². The van der Waals surface area contributed by atoms with Crippen molar-refractivity contribution in [2.75, 3.05) is 36.8 Å². The van der Waals surface area contributed by atoms with Gasteiger partial charge in [0.25, 0.3) is 11.8 Å². The van der Waals surface area contributed by atoms with Crippen LogP contribution < -0.4 is 16.0 Å². The standard InChI is InChI=1S/C32H35N7O2/c1-37-20-26(19-35-37)25-17-29(30(33)34-18-25)31(40)36-27-11-14-39(21-27)32(41)24-9-5-7-22(15-24)23-8-6-10-28(16-23)38-12-3-2-4-13-38/h5-10,15-20,27H,2-4,11-14,21H2,1H3,(H2,33,34)(H,36,40). The first-order valence-corrected chi connectivity index (χ1v) is 14.2. The van der Waals surface area contributed by atoms with E-state index in [1.54, 1.807) is 23.1 Å². The number of carbonyl (C=O) groups excluding carboxylic acids is 2. The molecule has 4 aromatic rings. The fourth-order valence-corrected chi connectivity index (χ4v) is 5.76. The number of anilines is 2. The summed E-state index contributed by atoms with van der Waals surface area (Å²) in [6, 6.07) is 18.0. The number of pyridine rings is 1. The molecule has 0 bridgehead atoms. The van der Waals surface area contributed by atoms with E-state index in [4.69, 9.17) is 5.73 Å². The highest BCUT2D eigenvalue weighted by Gasteiger charge is 2.29. The Morgan fingerprint density at radius 2 is 1.68 bits per heavy atom. The van der Waals surface area contributed by atoms with Crippen LogP contribution in [0.2, 0.25) is 0 Å². The molecule has 210 valence electrons. The van der Waals surface area contributed by atoms with E-state index in [1.807, 2.05) is 36.3 Å². The van der Waals surface area contributed by atoms with Crippen molar-refractivity contribution in [3.05, 3.63) is 84.3 Å². The summed E-state index contributed by atoms with van der Waals surface area (Å²) >= 11 is 0. The molecule has 9 nitrogen and oxygen atoms in total. The van der Waals surface area contributed by atoms with Crippen LogP contribution in [0.5, 0.6) is 0 Å². The summed E-state index contributed by atoms with van der Waals surface area (Å²) in [7, 11) is 1.83. The van der Waals surface area contributed by atoms with Crippen molar-refractivity contribution in [2.24, 2.45) is 7.05 Å². The third kappa shape index (κ3) is 5.79. The number of hydrogen-bond acceptors (Lipinski definition) is 6. The molecule has 2 aliphatic heterocycles. The number of nitrogens with two attached hydrogens (primary N) is 1. The van der Waals surface area contributed by atoms with Crippen molar-refractivity contribution < 1.29 is 9.59 Å². The summed E-state index contributed by atoms with van der Waals surface area (Å²) < 4.78 is 1.69. The van der Waals surface area contributed by atoms with Gasteiger partial charge in [-0.1, -0.05) is 24.3 Å². The normalized spacial score (nSPS) is 17.0. The summed E-state index contributed by atoms with van der Waals surface area (Å²) in [5.74, 6) is -0.159. The van der Waals surface area contributed by atoms with Crippen LogP contribution in [0.25, 0.3) is 22.3 Å². The smallest absolute Gasteiger partial charge is 0.255 e. The summed E-state index contributed by atoms with van der Waals surface area (Å²) in [4.78, 5) is 35.1. The first kappa shape index (κ1) is 26.6. The van der Waals surface area contributed by atoms with E-state index in [9.17, 15) is 9.59 Å². The van der Waals surface area contributed by atoms with Gasteiger partial charge in [0.05, 0.1) is 11.8 Å². The highest BCUT2D eigenvalue weighted by molar-refractivity contribution is 6.00. The van der Waals surface area contributed by atoms with Crippen LogP contribution >= 0.6 is 0 Å². The molecular formula is C32H35N7O2. The number of nitrogens with zero attached hydrogens (tertiary/aromatic N) is 5. The van der Waals surface area contributed by atoms with Crippen LogP contribution in [0.1, 0.15) is 46.4 Å². The third-order valence-electron chi connectivity index (χ3n) is 8.02. The minimum absolute atomic E-state index is 0.0319.